The smallest absolute Gasteiger partial charge is 0.221 e. The molecular weight excluding hydrogens is 284 g/mol. The van der Waals surface area contributed by atoms with Crippen LogP contribution in [0.3, 0.4) is 0 Å². The first-order valence-electron chi connectivity index (χ1n) is 6.37. The highest BCUT2D eigenvalue weighted by atomic mass is 32.1. The van der Waals surface area contributed by atoms with Gasteiger partial charge in [0.15, 0.2) is 5.76 Å². The summed E-state index contributed by atoms with van der Waals surface area (Å²) >= 11 is 1.51. The maximum Gasteiger partial charge on any atom is 0.221 e. The topological polar surface area (TPSA) is 56.0 Å². The molecule has 0 atom stereocenters. The second-order valence-electron chi connectivity index (χ2n) is 4.44. The lowest BCUT2D eigenvalue weighted by Gasteiger charge is -1.92. The third-order valence-electron chi connectivity index (χ3n) is 2.92. The Morgan fingerprint density at radius 3 is 2.95 bits per heavy atom. The van der Waals surface area contributed by atoms with Gasteiger partial charge >= 0.3 is 0 Å². The van der Waals surface area contributed by atoms with Crippen LogP contribution in [-0.2, 0) is 0 Å². The van der Waals surface area contributed by atoms with E-state index in [-0.39, 0.29) is 5.78 Å². The number of thiazole rings is 1. The van der Waals surface area contributed by atoms with Gasteiger partial charge in [0.25, 0.3) is 0 Å². The van der Waals surface area contributed by atoms with Gasteiger partial charge in [-0.1, -0.05) is 0 Å². The lowest BCUT2D eigenvalue weighted by atomic mass is 10.2. The first-order chi connectivity index (χ1) is 10.2. The number of hydrogen-bond donors (Lipinski definition) is 0. The van der Waals surface area contributed by atoms with Crippen LogP contribution < -0.4 is 0 Å². The van der Waals surface area contributed by atoms with Crippen LogP contribution in [0.2, 0.25) is 0 Å². The van der Waals surface area contributed by atoms with E-state index in [1.54, 1.807) is 30.7 Å². The van der Waals surface area contributed by atoms with Gasteiger partial charge in [-0.25, -0.2) is 4.98 Å². The molecule has 0 spiro atoms. The van der Waals surface area contributed by atoms with Crippen molar-refractivity contribution in [2.24, 2.45) is 0 Å². The molecule has 4 nitrogen and oxygen atoms in total. The molecule has 3 aromatic heterocycles. The van der Waals surface area contributed by atoms with Crippen molar-refractivity contribution in [2.75, 3.05) is 0 Å². The fourth-order valence-electron chi connectivity index (χ4n) is 1.85. The Hall–Kier alpha value is -2.53. The van der Waals surface area contributed by atoms with Crippen molar-refractivity contribution in [1.29, 1.82) is 0 Å². The van der Waals surface area contributed by atoms with Crippen LogP contribution >= 0.6 is 11.3 Å². The Morgan fingerprint density at radius 2 is 2.24 bits per heavy atom. The maximum absolute atomic E-state index is 12.0. The number of rotatable bonds is 4. The zero-order valence-corrected chi connectivity index (χ0v) is 12.1. The highest BCUT2D eigenvalue weighted by molar-refractivity contribution is 7.15. The highest BCUT2D eigenvalue weighted by Gasteiger charge is 2.09. The Labute approximate surface area is 125 Å². The molecule has 0 aromatic carbocycles. The SMILES string of the molecule is Cc1ccoc1C(=O)/C=C/c1cnc(-c2cccnc2)s1. The molecule has 0 bridgehead atoms. The summed E-state index contributed by atoms with van der Waals surface area (Å²) in [4.78, 5) is 21.3. The van der Waals surface area contributed by atoms with Gasteiger partial charge in [0.2, 0.25) is 5.78 Å². The third kappa shape index (κ3) is 2.98. The zero-order chi connectivity index (χ0) is 14.7. The van der Waals surface area contributed by atoms with E-state index in [4.69, 9.17) is 4.42 Å². The van der Waals surface area contributed by atoms with E-state index in [1.165, 1.54) is 23.7 Å². The summed E-state index contributed by atoms with van der Waals surface area (Å²) in [5.41, 5.74) is 1.81. The zero-order valence-electron chi connectivity index (χ0n) is 11.3. The minimum atomic E-state index is -0.145. The average Bonchev–Trinajstić information content (AvgIpc) is 3.15. The molecule has 3 aromatic rings. The van der Waals surface area contributed by atoms with Crippen LogP contribution in [0.1, 0.15) is 21.0 Å². The number of furan rings is 1. The lowest BCUT2D eigenvalue weighted by Crippen LogP contribution is -1.93. The Balaban J connectivity index is 1.77. The minimum Gasteiger partial charge on any atom is -0.461 e. The van der Waals surface area contributed by atoms with Crippen molar-refractivity contribution in [3.63, 3.8) is 0 Å². The number of pyridine rings is 1. The molecule has 21 heavy (non-hydrogen) atoms. The van der Waals surface area contributed by atoms with Crippen molar-refractivity contribution < 1.29 is 9.21 Å². The first-order valence-corrected chi connectivity index (χ1v) is 7.18. The molecule has 0 fully saturated rings. The quantitative estimate of drug-likeness (QED) is 0.539. The summed E-state index contributed by atoms with van der Waals surface area (Å²) in [7, 11) is 0. The van der Waals surface area contributed by atoms with Crippen molar-refractivity contribution in [3.8, 4) is 10.6 Å². The van der Waals surface area contributed by atoms with Gasteiger partial charge in [-0.3, -0.25) is 9.78 Å². The molecule has 0 aliphatic heterocycles. The molecular formula is C16H12N2O2S. The van der Waals surface area contributed by atoms with Crippen LogP contribution in [0.5, 0.6) is 0 Å². The Bertz CT molecular complexity index is 787. The van der Waals surface area contributed by atoms with Gasteiger partial charge in [-0.05, 0) is 42.8 Å². The molecule has 0 aliphatic rings. The predicted molar refractivity (Wildman–Crippen MR) is 82.2 cm³/mol. The summed E-state index contributed by atoms with van der Waals surface area (Å²) < 4.78 is 5.17. The number of ketones is 1. The number of allylic oxidation sites excluding steroid dienone is 1. The molecule has 0 aliphatic carbocycles. The van der Waals surface area contributed by atoms with Gasteiger partial charge in [0.1, 0.15) is 5.01 Å². The maximum atomic E-state index is 12.0. The summed E-state index contributed by atoms with van der Waals surface area (Å²) in [5, 5.41) is 0.879. The summed E-state index contributed by atoms with van der Waals surface area (Å²) in [6.07, 6.45) is 10.0. The van der Waals surface area contributed by atoms with Crippen LogP contribution in [0, 0.1) is 6.92 Å². The van der Waals surface area contributed by atoms with Crippen LogP contribution in [0.4, 0.5) is 0 Å². The lowest BCUT2D eigenvalue weighted by molar-refractivity contribution is 0.102. The Kier molecular flexibility index (Phi) is 3.75. The van der Waals surface area contributed by atoms with E-state index in [9.17, 15) is 4.79 Å². The van der Waals surface area contributed by atoms with Crippen molar-refractivity contribution >= 4 is 23.2 Å². The average molecular weight is 296 g/mol. The van der Waals surface area contributed by atoms with E-state index in [0.29, 0.717) is 5.76 Å². The van der Waals surface area contributed by atoms with Gasteiger partial charge in [-0.2, -0.15) is 0 Å². The van der Waals surface area contributed by atoms with Gasteiger partial charge in [0.05, 0.1) is 6.26 Å². The van der Waals surface area contributed by atoms with Gasteiger partial charge in [0, 0.05) is 29.0 Å². The second-order valence-corrected chi connectivity index (χ2v) is 5.50. The number of carbonyl (C=O) groups is 1. The molecule has 0 amide bonds. The van der Waals surface area contributed by atoms with Crippen LogP contribution in [-0.4, -0.2) is 15.8 Å². The van der Waals surface area contributed by atoms with Crippen molar-refractivity contribution in [1.82, 2.24) is 9.97 Å². The summed E-state index contributed by atoms with van der Waals surface area (Å²) in [5.74, 6) is 0.233. The highest BCUT2D eigenvalue weighted by Crippen LogP contribution is 2.25. The number of nitrogens with zero attached hydrogens (tertiary/aromatic N) is 2. The third-order valence-corrected chi connectivity index (χ3v) is 3.93. The molecule has 0 radical (unpaired) electrons. The van der Waals surface area contributed by atoms with E-state index in [0.717, 1.165) is 21.0 Å². The first kappa shape index (κ1) is 13.5. The molecule has 0 N–H and O–H groups in total. The second kappa shape index (κ2) is 5.85. The fourth-order valence-corrected chi connectivity index (χ4v) is 2.65. The number of carbonyl (C=O) groups excluding carboxylic acids is 1. The van der Waals surface area contributed by atoms with Crippen LogP contribution in [0.25, 0.3) is 16.6 Å². The van der Waals surface area contributed by atoms with Crippen LogP contribution in [0.15, 0.2) is 53.5 Å². The monoisotopic (exact) mass is 296 g/mol. The molecule has 0 saturated carbocycles. The van der Waals surface area contributed by atoms with E-state index < -0.39 is 0 Å². The molecule has 0 unspecified atom stereocenters. The molecule has 5 heteroatoms. The van der Waals surface area contributed by atoms with Crippen molar-refractivity contribution in [3.05, 3.63) is 65.3 Å². The van der Waals surface area contributed by atoms with Crippen molar-refractivity contribution in [2.45, 2.75) is 6.92 Å². The predicted octanol–water partition coefficient (Wildman–Crippen LogP) is 4.00. The normalized spacial score (nSPS) is 11.1. The minimum absolute atomic E-state index is 0.145. The number of hydrogen-bond acceptors (Lipinski definition) is 5. The Morgan fingerprint density at radius 1 is 1.33 bits per heavy atom. The number of aromatic nitrogens is 2. The molecule has 0 saturated heterocycles. The molecule has 3 rings (SSSR count). The molecule has 3 heterocycles. The summed E-state index contributed by atoms with van der Waals surface area (Å²) in [6, 6.07) is 5.60. The standard InChI is InChI=1S/C16H12N2O2S/c1-11-6-8-20-15(11)14(19)5-4-13-10-18-16(21-13)12-3-2-7-17-9-12/h2-10H,1H3/b5-4+. The van der Waals surface area contributed by atoms with Gasteiger partial charge in [-0.15, -0.1) is 11.3 Å². The summed E-state index contributed by atoms with van der Waals surface area (Å²) in [6.45, 7) is 1.85. The fraction of sp³-hybridized carbons (Fsp3) is 0.0625. The number of aryl methyl sites for hydroxylation is 1. The van der Waals surface area contributed by atoms with E-state index in [1.807, 2.05) is 19.1 Å². The molecule has 104 valence electrons. The van der Waals surface area contributed by atoms with E-state index >= 15 is 0 Å². The van der Waals surface area contributed by atoms with E-state index in [2.05, 4.69) is 9.97 Å². The van der Waals surface area contributed by atoms with Gasteiger partial charge < -0.3 is 4.42 Å². The largest absolute Gasteiger partial charge is 0.461 e.